The summed E-state index contributed by atoms with van der Waals surface area (Å²) in [6, 6.07) is 14.8. The van der Waals surface area contributed by atoms with Gasteiger partial charge in [-0.25, -0.2) is 0 Å². The monoisotopic (exact) mass is 418 g/mol. The van der Waals surface area contributed by atoms with Gasteiger partial charge in [-0.2, -0.15) is 0 Å². The van der Waals surface area contributed by atoms with Gasteiger partial charge in [-0.05, 0) is 62.2 Å². The van der Waals surface area contributed by atoms with Gasteiger partial charge in [0.25, 0.3) is 5.91 Å². The molecule has 0 aliphatic carbocycles. The summed E-state index contributed by atoms with van der Waals surface area (Å²) in [4.78, 5) is 24.1. The van der Waals surface area contributed by atoms with E-state index in [2.05, 4.69) is 26.6 Å². The molecule has 2 aromatic rings. The Morgan fingerprint density at radius 1 is 1.08 bits per heavy atom. The molecular formula is C20H23BrN2O3. The Hall–Kier alpha value is -2.34. The van der Waals surface area contributed by atoms with Crippen molar-refractivity contribution in [3.63, 3.8) is 0 Å². The Bertz CT molecular complexity index is 730. The number of hydrogen-bond acceptors (Lipinski definition) is 3. The average molecular weight is 419 g/mol. The Morgan fingerprint density at radius 2 is 1.73 bits per heavy atom. The van der Waals surface area contributed by atoms with E-state index in [4.69, 9.17) is 4.74 Å². The zero-order valence-electron chi connectivity index (χ0n) is 14.9. The third-order valence-electron chi connectivity index (χ3n) is 3.70. The molecule has 2 N–H and O–H groups in total. The first-order valence-corrected chi connectivity index (χ1v) is 9.32. The van der Waals surface area contributed by atoms with Crippen molar-refractivity contribution in [3.8, 4) is 5.75 Å². The van der Waals surface area contributed by atoms with Crippen molar-refractivity contribution in [3.05, 3.63) is 64.1 Å². The summed E-state index contributed by atoms with van der Waals surface area (Å²) >= 11 is 3.40. The number of ether oxygens (including phenoxy) is 1. The average Bonchev–Trinajstić information content (AvgIpc) is 2.62. The molecule has 5 nitrogen and oxygen atoms in total. The first-order valence-electron chi connectivity index (χ1n) is 8.52. The lowest BCUT2D eigenvalue weighted by molar-refractivity contribution is -0.120. The van der Waals surface area contributed by atoms with Gasteiger partial charge in [0.2, 0.25) is 5.91 Å². The maximum absolute atomic E-state index is 12.1. The Labute approximate surface area is 162 Å². The summed E-state index contributed by atoms with van der Waals surface area (Å²) in [5.41, 5.74) is 1.63. The normalized spacial score (nSPS) is 11.5. The molecule has 0 aliphatic heterocycles. The number of amides is 2. The fourth-order valence-corrected chi connectivity index (χ4v) is 2.75. The van der Waals surface area contributed by atoms with E-state index in [0.29, 0.717) is 17.9 Å². The molecule has 0 aliphatic rings. The van der Waals surface area contributed by atoms with E-state index >= 15 is 0 Å². The van der Waals surface area contributed by atoms with Gasteiger partial charge in [-0.3, -0.25) is 9.59 Å². The van der Waals surface area contributed by atoms with Crippen LogP contribution in [0.2, 0.25) is 0 Å². The molecule has 0 spiro atoms. The molecule has 26 heavy (non-hydrogen) atoms. The Morgan fingerprint density at radius 3 is 2.35 bits per heavy atom. The van der Waals surface area contributed by atoms with Gasteiger partial charge < -0.3 is 15.4 Å². The van der Waals surface area contributed by atoms with Crippen LogP contribution in [0.25, 0.3) is 0 Å². The maximum atomic E-state index is 12.1. The van der Waals surface area contributed by atoms with E-state index in [-0.39, 0.29) is 24.4 Å². The second-order valence-corrected chi connectivity index (χ2v) is 6.85. The quantitative estimate of drug-likeness (QED) is 0.690. The molecule has 138 valence electrons. The second-order valence-electron chi connectivity index (χ2n) is 5.94. The van der Waals surface area contributed by atoms with Crippen molar-refractivity contribution in [2.75, 3.05) is 13.2 Å². The lowest BCUT2D eigenvalue weighted by Crippen LogP contribution is -2.41. The smallest absolute Gasteiger partial charge is 0.251 e. The van der Waals surface area contributed by atoms with Crippen molar-refractivity contribution in [1.29, 1.82) is 0 Å². The van der Waals surface area contributed by atoms with Gasteiger partial charge >= 0.3 is 0 Å². The van der Waals surface area contributed by atoms with E-state index in [0.717, 1.165) is 16.5 Å². The van der Waals surface area contributed by atoms with E-state index in [1.54, 1.807) is 24.3 Å². The van der Waals surface area contributed by atoms with E-state index < -0.39 is 0 Å². The molecule has 6 heteroatoms. The van der Waals surface area contributed by atoms with Crippen LogP contribution >= 0.6 is 15.9 Å². The van der Waals surface area contributed by atoms with Crippen LogP contribution in [-0.2, 0) is 11.2 Å². The van der Waals surface area contributed by atoms with Crippen LogP contribution in [0.5, 0.6) is 5.75 Å². The molecule has 0 radical (unpaired) electrons. The van der Waals surface area contributed by atoms with Crippen molar-refractivity contribution in [2.45, 2.75) is 26.3 Å². The number of rotatable bonds is 8. The predicted octanol–water partition coefficient (Wildman–Crippen LogP) is 3.33. The van der Waals surface area contributed by atoms with Gasteiger partial charge in [-0.1, -0.05) is 28.1 Å². The minimum atomic E-state index is -0.288. The standard InChI is InChI=1S/C20H23BrN2O3/c1-3-26-18-10-6-16(7-11-18)20(25)22-13-19(24)23-14(2)12-15-4-8-17(21)9-5-15/h4-11,14H,3,12-13H2,1-2H3,(H,22,25)(H,23,24). The van der Waals surface area contributed by atoms with Crippen molar-refractivity contribution < 1.29 is 14.3 Å². The van der Waals surface area contributed by atoms with Gasteiger partial charge in [0.05, 0.1) is 13.2 Å². The number of halogens is 1. The fraction of sp³-hybridized carbons (Fsp3) is 0.300. The highest BCUT2D eigenvalue weighted by molar-refractivity contribution is 9.10. The van der Waals surface area contributed by atoms with Crippen molar-refractivity contribution in [2.24, 2.45) is 0 Å². The molecule has 2 aromatic carbocycles. The highest BCUT2D eigenvalue weighted by Crippen LogP contribution is 2.12. The second kappa shape index (κ2) is 9.97. The first kappa shape index (κ1) is 20.0. The molecule has 2 amide bonds. The fourth-order valence-electron chi connectivity index (χ4n) is 2.48. The third kappa shape index (κ3) is 6.52. The summed E-state index contributed by atoms with van der Waals surface area (Å²) in [6.45, 7) is 4.35. The zero-order chi connectivity index (χ0) is 18.9. The molecule has 1 atom stereocenters. The molecule has 0 bridgehead atoms. The molecule has 2 rings (SSSR count). The number of carbonyl (C=O) groups is 2. The van der Waals surface area contributed by atoms with Gasteiger partial charge in [0, 0.05) is 16.1 Å². The predicted molar refractivity (Wildman–Crippen MR) is 105 cm³/mol. The van der Waals surface area contributed by atoms with Crippen LogP contribution in [0.15, 0.2) is 53.0 Å². The van der Waals surface area contributed by atoms with Crippen LogP contribution in [0.4, 0.5) is 0 Å². The maximum Gasteiger partial charge on any atom is 0.251 e. The lowest BCUT2D eigenvalue weighted by atomic mass is 10.1. The van der Waals surface area contributed by atoms with E-state index in [1.165, 1.54) is 0 Å². The van der Waals surface area contributed by atoms with E-state index in [1.807, 2.05) is 38.1 Å². The number of hydrogen-bond donors (Lipinski definition) is 2. The van der Waals surface area contributed by atoms with Crippen LogP contribution in [0.1, 0.15) is 29.8 Å². The van der Waals surface area contributed by atoms with Gasteiger partial charge in [0.15, 0.2) is 0 Å². The zero-order valence-corrected chi connectivity index (χ0v) is 16.5. The molecule has 0 saturated carbocycles. The van der Waals surface area contributed by atoms with Crippen LogP contribution in [0.3, 0.4) is 0 Å². The van der Waals surface area contributed by atoms with Crippen molar-refractivity contribution >= 4 is 27.7 Å². The topological polar surface area (TPSA) is 67.4 Å². The summed E-state index contributed by atoms with van der Waals surface area (Å²) in [7, 11) is 0. The Kier molecular flexibility index (Phi) is 7.66. The highest BCUT2D eigenvalue weighted by Gasteiger charge is 2.11. The summed E-state index contributed by atoms with van der Waals surface area (Å²) in [5, 5.41) is 5.52. The minimum absolute atomic E-state index is 0.0222. The van der Waals surface area contributed by atoms with Gasteiger partial charge in [-0.15, -0.1) is 0 Å². The largest absolute Gasteiger partial charge is 0.494 e. The first-order chi connectivity index (χ1) is 12.5. The third-order valence-corrected chi connectivity index (χ3v) is 4.23. The molecular weight excluding hydrogens is 396 g/mol. The highest BCUT2D eigenvalue weighted by atomic mass is 79.9. The van der Waals surface area contributed by atoms with Crippen LogP contribution in [-0.4, -0.2) is 31.0 Å². The van der Waals surface area contributed by atoms with Crippen molar-refractivity contribution in [1.82, 2.24) is 10.6 Å². The summed E-state index contributed by atoms with van der Waals surface area (Å²) in [6.07, 6.45) is 0.728. The number of carbonyl (C=O) groups excluding carboxylic acids is 2. The minimum Gasteiger partial charge on any atom is -0.494 e. The van der Waals surface area contributed by atoms with E-state index in [9.17, 15) is 9.59 Å². The molecule has 0 heterocycles. The van der Waals surface area contributed by atoms with Crippen LogP contribution < -0.4 is 15.4 Å². The number of benzene rings is 2. The number of nitrogens with one attached hydrogen (secondary N) is 2. The molecule has 0 aromatic heterocycles. The van der Waals surface area contributed by atoms with Gasteiger partial charge in [0.1, 0.15) is 5.75 Å². The molecule has 0 saturated heterocycles. The molecule has 1 unspecified atom stereocenters. The van der Waals surface area contributed by atoms with Crippen LogP contribution in [0, 0.1) is 0 Å². The SMILES string of the molecule is CCOc1ccc(C(=O)NCC(=O)NC(C)Cc2ccc(Br)cc2)cc1. The summed E-state index contributed by atoms with van der Waals surface area (Å²) in [5.74, 6) is 0.209. The Balaban J connectivity index is 1.76. The lowest BCUT2D eigenvalue weighted by Gasteiger charge is -2.14. The molecule has 0 fully saturated rings. The summed E-state index contributed by atoms with van der Waals surface area (Å²) < 4.78 is 6.36.